The Kier molecular flexibility index (Phi) is 2.76. The van der Waals surface area contributed by atoms with Crippen molar-refractivity contribution in [2.75, 3.05) is 0 Å². The minimum Gasteiger partial charge on any atom is -0.204 e. The maximum atomic E-state index is 13.4. The van der Waals surface area contributed by atoms with E-state index >= 15 is 0 Å². The zero-order chi connectivity index (χ0) is 9.42. The SMILES string of the molecule is Fc1c(I)sc2cc(CCl)ccc12. The summed E-state index contributed by atoms with van der Waals surface area (Å²) in [5.41, 5.74) is 1.03. The molecule has 0 bridgehead atoms. The highest BCUT2D eigenvalue weighted by atomic mass is 127. The van der Waals surface area contributed by atoms with Gasteiger partial charge in [0.2, 0.25) is 0 Å². The fourth-order valence-electron chi connectivity index (χ4n) is 1.16. The van der Waals surface area contributed by atoms with E-state index in [0.29, 0.717) is 14.2 Å². The van der Waals surface area contributed by atoms with Crippen LogP contribution in [0.3, 0.4) is 0 Å². The van der Waals surface area contributed by atoms with Crippen LogP contribution in [0, 0.1) is 8.70 Å². The van der Waals surface area contributed by atoms with E-state index in [1.807, 2.05) is 34.7 Å². The molecule has 0 atom stereocenters. The number of alkyl halides is 1. The number of benzene rings is 1. The minimum absolute atomic E-state index is 0.110. The van der Waals surface area contributed by atoms with E-state index in [0.717, 1.165) is 10.3 Å². The zero-order valence-electron chi connectivity index (χ0n) is 6.48. The topological polar surface area (TPSA) is 0 Å². The van der Waals surface area contributed by atoms with Crippen molar-refractivity contribution in [3.8, 4) is 0 Å². The van der Waals surface area contributed by atoms with E-state index in [4.69, 9.17) is 11.6 Å². The summed E-state index contributed by atoms with van der Waals surface area (Å²) in [6.45, 7) is 0. The molecule has 2 aromatic rings. The first kappa shape index (κ1) is 9.68. The number of fused-ring (bicyclic) bond motifs is 1. The first-order valence-electron chi connectivity index (χ1n) is 3.65. The van der Waals surface area contributed by atoms with E-state index in [-0.39, 0.29) is 5.82 Å². The molecule has 0 nitrogen and oxygen atoms in total. The average Bonchev–Trinajstić information content (AvgIpc) is 2.42. The van der Waals surface area contributed by atoms with Crippen molar-refractivity contribution >= 4 is 55.6 Å². The smallest absolute Gasteiger partial charge is 0.155 e. The molecule has 0 saturated heterocycles. The lowest BCUT2D eigenvalue weighted by Gasteiger charge is -1.93. The fraction of sp³-hybridized carbons (Fsp3) is 0.111. The monoisotopic (exact) mass is 326 g/mol. The minimum atomic E-state index is -0.110. The summed E-state index contributed by atoms with van der Waals surface area (Å²) in [5, 5.41) is 0.697. The van der Waals surface area contributed by atoms with Crippen LogP contribution < -0.4 is 0 Å². The largest absolute Gasteiger partial charge is 0.204 e. The van der Waals surface area contributed by atoms with Crippen LogP contribution in [0.5, 0.6) is 0 Å². The average molecular weight is 327 g/mol. The van der Waals surface area contributed by atoms with Crippen LogP contribution in [0.1, 0.15) is 5.56 Å². The zero-order valence-corrected chi connectivity index (χ0v) is 10.2. The highest BCUT2D eigenvalue weighted by Gasteiger charge is 2.09. The standard InChI is InChI=1S/C9H5ClFIS/c10-4-5-1-2-6-7(3-5)13-9(12)8(6)11/h1-3H,4H2. The van der Waals surface area contributed by atoms with E-state index < -0.39 is 0 Å². The van der Waals surface area contributed by atoms with Crippen LogP contribution >= 0.6 is 45.5 Å². The molecule has 68 valence electrons. The quantitative estimate of drug-likeness (QED) is 0.539. The lowest BCUT2D eigenvalue weighted by molar-refractivity contribution is 0.638. The molecule has 0 saturated carbocycles. The van der Waals surface area contributed by atoms with E-state index in [1.165, 1.54) is 11.3 Å². The van der Waals surface area contributed by atoms with Crippen molar-refractivity contribution < 1.29 is 4.39 Å². The molecule has 1 aromatic heterocycles. The molecular weight excluding hydrogens is 322 g/mol. The number of halogens is 3. The van der Waals surface area contributed by atoms with E-state index in [9.17, 15) is 4.39 Å². The highest BCUT2D eigenvalue weighted by Crippen LogP contribution is 2.31. The van der Waals surface area contributed by atoms with Crippen LogP contribution in [0.4, 0.5) is 4.39 Å². The summed E-state index contributed by atoms with van der Waals surface area (Å²) in [7, 11) is 0. The van der Waals surface area contributed by atoms with Crippen LogP contribution in [0.25, 0.3) is 10.1 Å². The molecule has 0 spiro atoms. The molecule has 1 aromatic carbocycles. The van der Waals surface area contributed by atoms with E-state index in [1.54, 1.807) is 6.07 Å². The Morgan fingerprint density at radius 3 is 2.92 bits per heavy atom. The molecule has 4 heteroatoms. The Labute approximate surface area is 97.8 Å². The van der Waals surface area contributed by atoms with Gasteiger partial charge in [0.05, 0.1) is 0 Å². The maximum Gasteiger partial charge on any atom is 0.155 e. The predicted molar refractivity (Wildman–Crippen MR) is 64.1 cm³/mol. The van der Waals surface area contributed by atoms with Crippen molar-refractivity contribution in [1.82, 2.24) is 0 Å². The van der Waals surface area contributed by atoms with Crippen molar-refractivity contribution in [2.24, 2.45) is 0 Å². The molecule has 0 amide bonds. The van der Waals surface area contributed by atoms with Gasteiger partial charge in [-0.25, -0.2) is 4.39 Å². The van der Waals surface area contributed by atoms with Gasteiger partial charge in [0.15, 0.2) is 5.82 Å². The maximum absolute atomic E-state index is 13.4. The molecule has 1 heterocycles. The van der Waals surface area contributed by atoms with Gasteiger partial charge in [-0.3, -0.25) is 0 Å². The summed E-state index contributed by atoms with van der Waals surface area (Å²) in [6.07, 6.45) is 0. The van der Waals surface area contributed by atoms with Gasteiger partial charge in [0.25, 0.3) is 0 Å². The summed E-state index contributed by atoms with van der Waals surface area (Å²) >= 11 is 9.16. The lowest BCUT2D eigenvalue weighted by atomic mass is 10.2. The Bertz CT molecular complexity index is 452. The van der Waals surface area contributed by atoms with Crippen molar-refractivity contribution in [2.45, 2.75) is 5.88 Å². The van der Waals surface area contributed by atoms with E-state index in [2.05, 4.69) is 0 Å². The third kappa shape index (κ3) is 1.69. The molecule has 0 fully saturated rings. The van der Waals surface area contributed by atoms with Crippen LogP contribution in [0.2, 0.25) is 0 Å². The third-order valence-electron chi connectivity index (χ3n) is 1.81. The van der Waals surface area contributed by atoms with Gasteiger partial charge in [-0.2, -0.15) is 0 Å². The molecule has 0 N–H and O–H groups in total. The second kappa shape index (κ2) is 3.71. The molecule has 0 aliphatic carbocycles. The second-order valence-corrected chi connectivity index (χ2v) is 5.78. The van der Waals surface area contributed by atoms with Gasteiger partial charge >= 0.3 is 0 Å². The van der Waals surface area contributed by atoms with Gasteiger partial charge in [0.1, 0.15) is 2.88 Å². The Balaban J connectivity index is 2.73. The Morgan fingerprint density at radius 1 is 1.46 bits per heavy atom. The predicted octanol–water partition coefficient (Wildman–Crippen LogP) is 4.38. The van der Waals surface area contributed by atoms with Gasteiger partial charge in [-0.1, -0.05) is 12.1 Å². The van der Waals surface area contributed by atoms with Crippen LogP contribution in [-0.2, 0) is 5.88 Å². The number of hydrogen-bond acceptors (Lipinski definition) is 1. The van der Waals surface area contributed by atoms with Crippen LogP contribution in [0.15, 0.2) is 18.2 Å². The first-order valence-corrected chi connectivity index (χ1v) is 6.07. The van der Waals surface area contributed by atoms with Gasteiger partial charge in [-0.15, -0.1) is 22.9 Å². The van der Waals surface area contributed by atoms with Crippen molar-refractivity contribution in [1.29, 1.82) is 0 Å². The normalized spacial score (nSPS) is 11.0. The van der Waals surface area contributed by atoms with Crippen molar-refractivity contribution in [3.63, 3.8) is 0 Å². The molecular formula is C9H5ClFIS. The molecule has 0 unspecified atom stereocenters. The molecule has 13 heavy (non-hydrogen) atoms. The lowest BCUT2D eigenvalue weighted by Crippen LogP contribution is -1.76. The van der Waals surface area contributed by atoms with Gasteiger partial charge < -0.3 is 0 Å². The fourth-order valence-corrected chi connectivity index (χ4v) is 3.20. The van der Waals surface area contributed by atoms with Crippen LogP contribution in [-0.4, -0.2) is 0 Å². The summed E-state index contributed by atoms with van der Waals surface area (Å²) < 4.78 is 15.0. The number of hydrogen-bond donors (Lipinski definition) is 0. The van der Waals surface area contributed by atoms with Gasteiger partial charge in [-0.05, 0) is 34.2 Å². The van der Waals surface area contributed by atoms with Gasteiger partial charge in [0, 0.05) is 16.0 Å². The Hall–Kier alpha value is 0.130. The highest BCUT2D eigenvalue weighted by molar-refractivity contribution is 14.1. The number of thiophene rings is 1. The molecule has 0 aliphatic heterocycles. The molecule has 0 radical (unpaired) electrons. The summed E-state index contributed by atoms with van der Waals surface area (Å²) in [5.74, 6) is 0.369. The third-order valence-corrected chi connectivity index (χ3v) is 4.17. The Morgan fingerprint density at radius 2 is 2.23 bits per heavy atom. The molecule has 2 rings (SSSR count). The second-order valence-electron chi connectivity index (χ2n) is 2.65. The first-order chi connectivity index (χ1) is 6.22. The van der Waals surface area contributed by atoms with Crippen molar-refractivity contribution in [3.05, 3.63) is 32.5 Å². The summed E-state index contributed by atoms with van der Waals surface area (Å²) in [4.78, 5) is 0. The number of rotatable bonds is 1. The summed E-state index contributed by atoms with van der Waals surface area (Å²) in [6, 6.07) is 5.60. The molecule has 0 aliphatic rings.